The first-order valence-corrected chi connectivity index (χ1v) is 4.10. The number of anilines is 1. The second kappa shape index (κ2) is 2.79. The molecule has 1 aliphatic heterocycles. The Hall–Kier alpha value is -1.03. The molecule has 0 bridgehead atoms. The molecule has 0 fully saturated rings. The van der Waals surface area contributed by atoms with Crippen molar-refractivity contribution in [3.05, 3.63) is 10.8 Å². The molecule has 0 aliphatic carbocycles. The molecule has 0 saturated heterocycles. The minimum atomic E-state index is 0.146. The quantitative estimate of drug-likeness (QED) is 0.614. The summed E-state index contributed by atoms with van der Waals surface area (Å²) < 4.78 is 5.27. The van der Waals surface area contributed by atoms with Crippen molar-refractivity contribution in [1.29, 1.82) is 0 Å². The molecule has 12 heavy (non-hydrogen) atoms. The molecule has 2 rings (SSSR count). The van der Waals surface area contributed by atoms with Crippen LogP contribution >= 0.6 is 11.6 Å². The van der Waals surface area contributed by atoms with E-state index in [1.165, 1.54) is 0 Å². The first kappa shape index (κ1) is 7.61. The van der Waals surface area contributed by atoms with E-state index in [-0.39, 0.29) is 5.28 Å². The number of nitrogens with zero attached hydrogens (tertiary/aromatic N) is 2. The van der Waals surface area contributed by atoms with Crippen molar-refractivity contribution in [2.45, 2.75) is 12.8 Å². The van der Waals surface area contributed by atoms with E-state index in [1.807, 2.05) is 0 Å². The van der Waals surface area contributed by atoms with Crippen LogP contribution < -0.4 is 10.5 Å². The molecule has 0 amide bonds. The van der Waals surface area contributed by atoms with Crippen molar-refractivity contribution in [3.63, 3.8) is 0 Å². The highest BCUT2D eigenvalue weighted by atomic mass is 35.5. The van der Waals surface area contributed by atoms with Gasteiger partial charge in [-0.1, -0.05) is 0 Å². The van der Waals surface area contributed by atoms with Crippen LogP contribution in [0.2, 0.25) is 5.28 Å². The van der Waals surface area contributed by atoms with Gasteiger partial charge in [-0.15, -0.1) is 0 Å². The topological polar surface area (TPSA) is 61.0 Å². The fraction of sp³-hybridized carbons (Fsp3) is 0.429. The van der Waals surface area contributed by atoms with Gasteiger partial charge in [0.2, 0.25) is 11.2 Å². The monoisotopic (exact) mass is 185 g/mol. The van der Waals surface area contributed by atoms with Crippen molar-refractivity contribution in [1.82, 2.24) is 9.97 Å². The van der Waals surface area contributed by atoms with Gasteiger partial charge in [0.25, 0.3) is 0 Å². The molecule has 1 aromatic heterocycles. The third kappa shape index (κ3) is 1.18. The number of ether oxygens (including phenoxy) is 1. The van der Waals surface area contributed by atoms with Crippen LogP contribution in [0.15, 0.2) is 0 Å². The SMILES string of the molecule is Nc1nc(Cl)nc2c1CCCO2. The highest BCUT2D eigenvalue weighted by molar-refractivity contribution is 6.28. The van der Waals surface area contributed by atoms with Crippen LogP contribution in [0.3, 0.4) is 0 Å². The van der Waals surface area contributed by atoms with E-state index < -0.39 is 0 Å². The Morgan fingerprint density at radius 2 is 2.25 bits per heavy atom. The molecule has 0 aromatic carbocycles. The van der Waals surface area contributed by atoms with Crippen molar-refractivity contribution in [2.75, 3.05) is 12.3 Å². The van der Waals surface area contributed by atoms with Gasteiger partial charge in [0.15, 0.2) is 0 Å². The smallest absolute Gasteiger partial charge is 0.227 e. The molecule has 0 radical (unpaired) electrons. The maximum atomic E-state index is 5.63. The summed E-state index contributed by atoms with van der Waals surface area (Å²) in [6.07, 6.45) is 1.83. The van der Waals surface area contributed by atoms with Crippen LogP contribution in [-0.2, 0) is 6.42 Å². The Bertz CT molecular complexity index is 316. The Morgan fingerprint density at radius 1 is 1.42 bits per heavy atom. The summed E-state index contributed by atoms with van der Waals surface area (Å²) in [5, 5.41) is 0.146. The van der Waals surface area contributed by atoms with E-state index >= 15 is 0 Å². The van der Waals surface area contributed by atoms with Crippen LogP contribution in [0.5, 0.6) is 5.88 Å². The van der Waals surface area contributed by atoms with Gasteiger partial charge in [-0.2, -0.15) is 4.98 Å². The second-order valence-electron chi connectivity index (χ2n) is 2.61. The van der Waals surface area contributed by atoms with E-state index in [2.05, 4.69) is 9.97 Å². The molecule has 2 heterocycles. The van der Waals surface area contributed by atoms with E-state index in [0.29, 0.717) is 18.3 Å². The molecular formula is C7H8ClN3O. The first-order chi connectivity index (χ1) is 5.77. The number of fused-ring (bicyclic) bond motifs is 1. The summed E-state index contributed by atoms with van der Waals surface area (Å²) in [5.74, 6) is 0.975. The average molecular weight is 186 g/mol. The van der Waals surface area contributed by atoms with Crippen LogP contribution in [-0.4, -0.2) is 16.6 Å². The number of hydrogen-bond acceptors (Lipinski definition) is 4. The maximum Gasteiger partial charge on any atom is 0.227 e. The molecule has 1 aliphatic rings. The molecule has 5 heteroatoms. The third-order valence-corrected chi connectivity index (χ3v) is 1.95. The second-order valence-corrected chi connectivity index (χ2v) is 2.95. The molecular weight excluding hydrogens is 178 g/mol. The normalized spacial score (nSPS) is 15.1. The highest BCUT2D eigenvalue weighted by Gasteiger charge is 2.16. The van der Waals surface area contributed by atoms with Crippen molar-refractivity contribution < 1.29 is 4.74 Å². The Balaban J connectivity index is 2.53. The van der Waals surface area contributed by atoms with Gasteiger partial charge in [-0.25, -0.2) is 4.98 Å². The number of aromatic nitrogens is 2. The minimum Gasteiger partial charge on any atom is -0.477 e. The average Bonchev–Trinajstić information content (AvgIpc) is 2.04. The Labute approximate surface area is 74.7 Å². The number of hydrogen-bond donors (Lipinski definition) is 1. The standard InChI is InChI=1S/C7H8ClN3O/c8-7-10-5(9)4-2-1-3-12-6(4)11-7/h1-3H2,(H2,9,10,11). The lowest BCUT2D eigenvalue weighted by Gasteiger charge is -2.16. The molecule has 0 unspecified atom stereocenters. The van der Waals surface area contributed by atoms with Gasteiger partial charge in [-0.05, 0) is 24.4 Å². The van der Waals surface area contributed by atoms with Gasteiger partial charge in [0, 0.05) is 0 Å². The van der Waals surface area contributed by atoms with Crippen LogP contribution in [0.1, 0.15) is 12.0 Å². The fourth-order valence-corrected chi connectivity index (χ4v) is 1.39. The van der Waals surface area contributed by atoms with E-state index in [9.17, 15) is 0 Å². The molecule has 0 spiro atoms. The van der Waals surface area contributed by atoms with Gasteiger partial charge in [0.05, 0.1) is 12.2 Å². The van der Waals surface area contributed by atoms with Gasteiger partial charge >= 0.3 is 0 Å². The number of nitrogens with two attached hydrogens (primary N) is 1. The zero-order valence-electron chi connectivity index (χ0n) is 6.38. The van der Waals surface area contributed by atoms with E-state index in [4.69, 9.17) is 22.1 Å². The Kier molecular flexibility index (Phi) is 1.77. The van der Waals surface area contributed by atoms with Crippen molar-refractivity contribution in [3.8, 4) is 5.88 Å². The summed E-state index contributed by atoms with van der Waals surface area (Å²) >= 11 is 5.60. The molecule has 0 atom stereocenters. The lowest BCUT2D eigenvalue weighted by atomic mass is 10.1. The van der Waals surface area contributed by atoms with Crippen molar-refractivity contribution in [2.24, 2.45) is 0 Å². The minimum absolute atomic E-state index is 0.146. The Morgan fingerprint density at radius 3 is 3.08 bits per heavy atom. The summed E-state index contributed by atoms with van der Waals surface area (Å²) in [7, 11) is 0. The lowest BCUT2D eigenvalue weighted by molar-refractivity contribution is 0.276. The van der Waals surface area contributed by atoms with Crippen LogP contribution in [0, 0.1) is 0 Å². The molecule has 64 valence electrons. The van der Waals surface area contributed by atoms with Crippen LogP contribution in [0.25, 0.3) is 0 Å². The van der Waals surface area contributed by atoms with Crippen LogP contribution in [0.4, 0.5) is 5.82 Å². The summed E-state index contributed by atoms with van der Waals surface area (Å²) in [6.45, 7) is 0.680. The molecule has 1 aromatic rings. The molecule has 4 nitrogen and oxygen atoms in total. The highest BCUT2D eigenvalue weighted by Crippen LogP contribution is 2.27. The van der Waals surface area contributed by atoms with Gasteiger partial charge in [0.1, 0.15) is 5.82 Å². The van der Waals surface area contributed by atoms with Crippen molar-refractivity contribution >= 4 is 17.4 Å². The molecule has 2 N–H and O–H groups in total. The third-order valence-electron chi connectivity index (χ3n) is 1.78. The summed E-state index contributed by atoms with van der Waals surface area (Å²) in [4.78, 5) is 7.77. The fourth-order valence-electron chi connectivity index (χ4n) is 1.22. The molecule has 0 saturated carbocycles. The predicted octanol–water partition coefficient (Wildman–Crippen LogP) is 1.04. The number of nitrogen functional groups attached to an aromatic ring is 1. The summed E-state index contributed by atoms with van der Waals surface area (Å²) in [5.41, 5.74) is 6.51. The lowest BCUT2D eigenvalue weighted by Crippen LogP contribution is -2.13. The largest absolute Gasteiger partial charge is 0.477 e. The summed E-state index contributed by atoms with van der Waals surface area (Å²) in [6, 6.07) is 0. The van der Waals surface area contributed by atoms with E-state index in [1.54, 1.807) is 0 Å². The zero-order chi connectivity index (χ0) is 8.55. The van der Waals surface area contributed by atoms with Gasteiger partial charge < -0.3 is 10.5 Å². The predicted molar refractivity (Wildman–Crippen MR) is 45.3 cm³/mol. The van der Waals surface area contributed by atoms with E-state index in [0.717, 1.165) is 18.4 Å². The first-order valence-electron chi connectivity index (χ1n) is 3.72. The van der Waals surface area contributed by atoms with Gasteiger partial charge in [-0.3, -0.25) is 0 Å². The number of halogens is 1. The number of rotatable bonds is 0. The maximum absolute atomic E-state index is 5.63. The zero-order valence-corrected chi connectivity index (χ0v) is 7.14.